The number of aryl methyl sites for hydroxylation is 1. The van der Waals surface area contributed by atoms with Gasteiger partial charge in [-0.2, -0.15) is 0 Å². The summed E-state index contributed by atoms with van der Waals surface area (Å²) in [6.45, 7) is 6.70. The van der Waals surface area contributed by atoms with Gasteiger partial charge in [0.15, 0.2) is 0 Å². The smallest absolute Gasteiger partial charge is 0.0359 e. The number of nitrogens with zero attached hydrogens (tertiary/aromatic N) is 1. The molecular formula is C15H24N2. The molecule has 2 heteroatoms. The standard InChI is InChI=1S/C15H24N2/c1-12-7-8-15(16)14(10-12)11-17-9-5-3-4-6-13(17)2/h7-8,10,13H,3-6,9,11,16H2,1-2H3. The predicted molar refractivity (Wildman–Crippen MR) is 73.9 cm³/mol. The highest BCUT2D eigenvalue weighted by molar-refractivity contribution is 5.48. The first-order valence-corrected chi connectivity index (χ1v) is 6.76. The van der Waals surface area contributed by atoms with Gasteiger partial charge in [0.1, 0.15) is 0 Å². The van der Waals surface area contributed by atoms with Gasteiger partial charge in [0.05, 0.1) is 0 Å². The first-order chi connectivity index (χ1) is 8.16. The average Bonchev–Trinajstić information content (AvgIpc) is 2.50. The van der Waals surface area contributed by atoms with E-state index in [9.17, 15) is 0 Å². The molecule has 1 saturated heterocycles. The average molecular weight is 232 g/mol. The van der Waals surface area contributed by atoms with Gasteiger partial charge in [-0.3, -0.25) is 4.90 Å². The van der Waals surface area contributed by atoms with Gasteiger partial charge in [-0.1, -0.05) is 30.5 Å². The van der Waals surface area contributed by atoms with Crippen molar-refractivity contribution in [2.24, 2.45) is 0 Å². The lowest BCUT2D eigenvalue weighted by molar-refractivity contribution is 0.205. The maximum absolute atomic E-state index is 6.06. The van der Waals surface area contributed by atoms with Gasteiger partial charge in [0, 0.05) is 18.3 Å². The quantitative estimate of drug-likeness (QED) is 0.792. The summed E-state index contributed by atoms with van der Waals surface area (Å²) in [7, 11) is 0. The molecule has 1 fully saturated rings. The van der Waals surface area contributed by atoms with Gasteiger partial charge in [0.25, 0.3) is 0 Å². The van der Waals surface area contributed by atoms with Crippen LogP contribution in [0.4, 0.5) is 5.69 Å². The zero-order valence-electron chi connectivity index (χ0n) is 11.1. The number of benzene rings is 1. The number of nitrogens with two attached hydrogens (primary N) is 1. The van der Waals surface area contributed by atoms with Gasteiger partial charge < -0.3 is 5.73 Å². The van der Waals surface area contributed by atoms with Gasteiger partial charge >= 0.3 is 0 Å². The summed E-state index contributed by atoms with van der Waals surface area (Å²) in [5.41, 5.74) is 9.59. The number of hydrogen-bond acceptors (Lipinski definition) is 2. The SMILES string of the molecule is Cc1ccc(N)c(CN2CCCCCC2C)c1. The Labute approximate surface area is 105 Å². The zero-order chi connectivity index (χ0) is 12.3. The van der Waals surface area contributed by atoms with Crippen LogP contribution in [0.25, 0.3) is 0 Å². The van der Waals surface area contributed by atoms with Crippen molar-refractivity contribution >= 4 is 5.69 Å². The van der Waals surface area contributed by atoms with Crippen molar-refractivity contribution in [3.8, 4) is 0 Å². The minimum absolute atomic E-state index is 0.692. The van der Waals surface area contributed by atoms with E-state index in [1.54, 1.807) is 0 Å². The molecule has 2 nitrogen and oxygen atoms in total. The molecule has 0 spiro atoms. The van der Waals surface area contributed by atoms with E-state index < -0.39 is 0 Å². The molecule has 1 heterocycles. The number of hydrogen-bond donors (Lipinski definition) is 1. The van der Waals surface area contributed by atoms with E-state index >= 15 is 0 Å². The molecule has 0 aromatic heterocycles. The lowest BCUT2D eigenvalue weighted by Gasteiger charge is -2.27. The third kappa shape index (κ3) is 3.22. The van der Waals surface area contributed by atoms with Crippen molar-refractivity contribution in [1.82, 2.24) is 4.90 Å². The van der Waals surface area contributed by atoms with E-state index in [1.807, 2.05) is 6.07 Å². The van der Waals surface area contributed by atoms with Crippen LogP contribution in [-0.4, -0.2) is 17.5 Å². The summed E-state index contributed by atoms with van der Waals surface area (Å²) in [6.07, 6.45) is 5.41. The van der Waals surface area contributed by atoms with Gasteiger partial charge in [-0.25, -0.2) is 0 Å². The molecule has 1 aromatic carbocycles. The zero-order valence-corrected chi connectivity index (χ0v) is 11.1. The third-order valence-electron chi connectivity index (χ3n) is 3.86. The molecule has 1 unspecified atom stereocenters. The Morgan fingerprint density at radius 2 is 2.12 bits per heavy atom. The summed E-state index contributed by atoms with van der Waals surface area (Å²) in [5, 5.41) is 0. The van der Waals surface area contributed by atoms with Crippen LogP contribution in [0.3, 0.4) is 0 Å². The molecule has 1 aliphatic heterocycles. The van der Waals surface area contributed by atoms with Crippen molar-refractivity contribution in [1.29, 1.82) is 0 Å². The molecule has 2 N–H and O–H groups in total. The molecule has 1 aliphatic rings. The van der Waals surface area contributed by atoms with Crippen LogP contribution in [0.2, 0.25) is 0 Å². The maximum atomic E-state index is 6.06. The summed E-state index contributed by atoms with van der Waals surface area (Å²) in [6, 6.07) is 7.04. The second kappa shape index (κ2) is 5.54. The lowest BCUT2D eigenvalue weighted by atomic mass is 10.1. The number of rotatable bonds is 2. The van der Waals surface area contributed by atoms with Gasteiger partial charge in [0.2, 0.25) is 0 Å². The molecule has 2 rings (SSSR count). The highest BCUT2D eigenvalue weighted by atomic mass is 15.1. The summed E-state index contributed by atoms with van der Waals surface area (Å²) < 4.78 is 0. The van der Waals surface area contributed by atoms with E-state index in [0.717, 1.165) is 12.2 Å². The minimum atomic E-state index is 0.692. The molecule has 0 aliphatic carbocycles. The number of likely N-dealkylation sites (tertiary alicyclic amines) is 1. The Morgan fingerprint density at radius 1 is 1.29 bits per heavy atom. The highest BCUT2D eigenvalue weighted by Crippen LogP contribution is 2.22. The third-order valence-corrected chi connectivity index (χ3v) is 3.86. The number of anilines is 1. The summed E-state index contributed by atoms with van der Waals surface area (Å²) in [4.78, 5) is 2.58. The minimum Gasteiger partial charge on any atom is -0.398 e. The predicted octanol–water partition coefficient (Wildman–Crippen LogP) is 3.34. The Bertz CT molecular complexity index is 373. The van der Waals surface area contributed by atoms with Crippen LogP contribution in [-0.2, 0) is 6.54 Å². The molecule has 17 heavy (non-hydrogen) atoms. The fourth-order valence-corrected chi connectivity index (χ4v) is 2.66. The van der Waals surface area contributed by atoms with E-state index in [-0.39, 0.29) is 0 Å². The monoisotopic (exact) mass is 232 g/mol. The molecule has 1 atom stereocenters. The molecule has 0 saturated carbocycles. The normalized spacial score (nSPS) is 22.4. The fraction of sp³-hybridized carbons (Fsp3) is 0.600. The Balaban J connectivity index is 2.10. The largest absolute Gasteiger partial charge is 0.398 e. The Morgan fingerprint density at radius 3 is 2.94 bits per heavy atom. The van der Waals surface area contributed by atoms with E-state index in [1.165, 1.54) is 43.4 Å². The van der Waals surface area contributed by atoms with Crippen LogP contribution < -0.4 is 5.73 Å². The van der Waals surface area contributed by atoms with Crippen molar-refractivity contribution < 1.29 is 0 Å². The van der Waals surface area contributed by atoms with Crippen LogP contribution >= 0.6 is 0 Å². The highest BCUT2D eigenvalue weighted by Gasteiger charge is 2.17. The molecule has 0 amide bonds. The van der Waals surface area contributed by atoms with E-state index in [0.29, 0.717) is 6.04 Å². The first kappa shape index (κ1) is 12.4. The Hall–Kier alpha value is -1.02. The molecule has 0 radical (unpaired) electrons. The number of nitrogen functional groups attached to an aromatic ring is 1. The lowest BCUT2D eigenvalue weighted by Crippen LogP contribution is -2.32. The second-order valence-electron chi connectivity index (χ2n) is 5.37. The topological polar surface area (TPSA) is 29.3 Å². The van der Waals surface area contributed by atoms with Crippen LogP contribution in [0.1, 0.15) is 43.7 Å². The molecule has 0 bridgehead atoms. The maximum Gasteiger partial charge on any atom is 0.0359 e. The van der Waals surface area contributed by atoms with Crippen molar-refractivity contribution in [2.75, 3.05) is 12.3 Å². The van der Waals surface area contributed by atoms with Crippen molar-refractivity contribution in [3.05, 3.63) is 29.3 Å². The second-order valence-corrected chi connectivity index (χ2v) is 5.37. The van der Waals surface area contributed by atoms with Gasteiger partial charge in [-0.05, 0) is 44.9 Å². The van der Waals surface area contributed by atoms with Crippen LogP contribution in [0.5, 0.6) is 0 Å². The molecule has 94 valence electrons. The summed E-state index contributed by atoms with van der Waals surface area (Å²) in [5.74, 6) is 0. The molecule has 1 aromatic rings. The Kier molecular flexibility index (Phi) is 4.06. The molecular weight excluding hydrogens is 208 g/mol. The first-order valence-electron chi connectivity index (χ1n) is 6.76. The summed E-state index contributed by atoms with van der Waals surface area (Å²) >= 11 is 0. The van der Waals surface area contributed by atoms with Crippen molar-refractivity contribution in [2.45, 2.75) is 52.1 Å². The van der Waals surface area contributed by atoms with E-state index in [2.05, 4.69) is 30.9 Å². The van der Waals surface area contributed by atoms with Crippen molar-refractivity contribution in [3.63, 3.8) is 0 Å². The van der Waals surface area contributed by atoms with E-state index in [4.69, 9.17) is 5.73 Å². The van der Waals surface area contributed by atoms with Crippen LogP contribution in [0.15, 0.2) is 18.2 Å². The fourth-order valence-electron chi connectivity index (χ4n) is 2.66. The van der Waals surface area contributed by atoms with Crippen LogP contribution in [0, 0.1) is 6.92 Å². The van der Waals surface area contributed by atoms with Gasteiger partial charge in [-0.15, -0.1) is 0 Å².